The molecule has 272 valence electrons. The standard InChI is InChI=1S/C57H39N/c1-5-19-40(20-6-1)51-37-42-21-13-14-22-43(42)38-52(51)41-33-35-48(36-34-41)58(47-28-11-4-12-29-47)56-49-30-16-15-23-44(49)39-54-55(56)50-31-17-18-32-53(50)57(54,45-24-7-2-8-25-45)46-26-9-3-10-27-46/h1-39H. The number of nitrogens with zero attached hydrogens (tertiary/aromatic N) is 1. The summed E-state index contributed by atoms with van der Waals surface area (Å²) < 4.78 is 0. The second kappa shape index (κ2) is 13.9. The third-order valence-electron chi connectivity index (χ3n) is 12.1. The molecule has 0 bridgehead atoms. The van der Waals surface area contributed by atoms with Crippen molar-refractivity contribution in [3.05, 3.63) is 259 Å². The summed E-state index contributed by atoms with van der Waals surface area (Å²) in [6.45, 7) is 0. The lowest BCUT2D eigenvalue weighted by Crippen LogP contribution is -2.28. The van der Waals surface area contributed by atoms with E-state index in [2.05, 4.69) is 241 Å². The molecule has 0 aromatic heterocycles. The Bertz CT molecular complexity index is 3040. The van der Waals surface area contributed by atoms with Crippen LogP contribution in [0.25, 0.3) is 54.9 Å². The summed E-state index contributed by atoms with van der Waals surface area (Å²) in [5.41, 5.74) is 15.3. The smallest absolute Gasteiger partial charge is 0.0714 e. The largest absolute Gasteiger partial charge is 0.309 e. The van der Waals surface area contributed by atoms with Gasteiger partial charge in [-0.15, -0.1) is 0 Å². The molecule has 58 heavy (non-hydrogen) atoms. The molecule has 0 saturated heterocycles. The lowest BCUT2D eigenvalue weighted by atomic mass is 9.67. The van der Waals surface area contributed by atoms with Gasteiger partial charge in [-0.25, -0.2) is 0 Å². The Morgan fingerprint density at radius 3 is 1.40 bits per heavy atom. The predicted molar refractivity (Wildman–Crippen MR) is 244 cm³/mol. The van der Waals surface area contributed by atoms with E-state index in [1.165, 1.54) is 82.9 Å². The average molecular weight is 738 g/mol. The number of rotatable bonds is 7. The Morgan fingerprint density at radius 1 is 0.310 bits per heavy atom. The molecule has 10 aromatic rings. The number of hydrogen-bond acceptors (Lipinski definition) is 1. The van der Waals surface area contributed by atoms with Crippen LogP contribution in [0, 0.1) is 0 Å². The molecule has 0 radical (unpaired) electrons. The van der Waals surface area contributed by atoms with Crippen molar-refractivity contribution in [3.63, 3.8) is 0 Å². The zero-order valence-corrected chi connectivity index (χ0v) is 32.0. The van der Waals surface area contributed by atoms with Gasteiger partial charge in [-0.1, -0.05) is 194 Å². The third-order valence-corrected chi connectivity index (χ3v) is 12.1. The van der Waals surface area contributed by atoms with E-state index in [0.717, 1.165) is 11.4 Å². The Hall–Kier alpha value is -7.48. The Kier molecular flexibility index (Phi) is 8.12. The van der Waals surface area contributed by atoms with E-state index >= 15 is 0 Å². The molecule has 0 aliphatic heterocycles. The molecule has 0 atom stereocenters. The third kappa shape index (κ3) is 5.32. The molecule has 0 spiro atoms. The maximum Gasteiger partial charge on any atom is 0.0714 e. The zero-order chi connectivity index (χ0) is 38.5. The molecule has 0 unspecified atom stereocenters. The number of fused-ring (bicyclic) bond motifs is 5. The second-order valence-corrected chi connectivity index (χ2v) is 15.2. The van der Waals surface area contributed by atoms with Crippen LogP contribution >= 0.6 is 0 Å². The van der Waals surface area contributed by atoms with Gasteiger partial charge in [0.1, 0.15) is 0 Å². The minimum absolute atomic E-state index is 0.524. The molecule has 1 nitrogen and oxygen atoms in total. The van der Waals surface area contributed by atoms with Gasteiger partial charge >= 0.3 is 0 Å². The van der Waals surface area contributed by atoms with E-state index in [4.69, 9.17) is 0 Å². The van der Waals surface area contributed by atoms with Crippen molar-refractivity contribution < 1.29 is 0 Å². The highest BCUT2D eigenvalue weighted by molar-refractivity contribution is 6.11. The number of para-hydroxylation sites is 1. The predicted octanol–water partition coefficient (Wildman–Crippen LogP) is 15.2. The highest BCUT2D eigenvalue weighted by atomic mass is 15.1. The van der Waals surface area contributed by atoms with Crippen molar-refractivity contribution in [2.45, 2.75) is 5.41 Å². The molecular formula is C57H39N. The second-order valence-electron chi connectivity index (χ2n) is 15.2. The first-order valence-electron chi connectivity index (χ1n) is 20.1. The van der Waals surface area contributed by atoms with Gasteiger partial charge in [0.25, 0.3) is 0 Å². The van der Waals surface area contributed by atoms with E-state index in [1.807, 2.05) is 0 Å². The van der Waals surface area contributed by atoms with E-state index in [-0.39, 0.29) is 0 Å². The Balaban J connectivity index is 1.19. The quantitative estimate of drug-likeness (QED) is 0.157. The summed E-state index contributed by atoms with van der Waals surface area (Å²) in [6, 6.07) is 86.9. The van der Waals surface area contributed by atoms with Crippen molar-refractivity contribution in [1.82, 2.24) is 0 Å². The summed E-state index contributed by atoms with van der Waals surface area (Å²) >= 11 is 0. The molecule has 10 aromatic carbocycles. The van der Waals surface area contributed by atoms with E-state index in [9.17, 15) is 0 Å². The van der Waals surface area contributed by atoms with Gasteiger partial charge in [-0.3, -0.25) is 0 Å². The van der Waals surface area contributed by atoms with Crippen LogP contribution in [0.5, 0.6) is 0 Å². The molecule has 1 aliphatic rings. The fourth-order valence-corrected chi connectivity index (χ4v) is 9.58. The average Bonchev–Trinajstić information content (AvgIpc) is 3.60. The minimum Gasteiger partial charge on any atom is -0.309 e. The summed E-state index contributed by atoms with van der Waals surface area (Å²) in [4.78, 5) is 2.49. The van der Waals surface area contributed by atoms with Crippen molar-refractivity contribution in [1.29, 1.82) is 0 Å². The van der Waals surface area contributed by atoms with E-state index in [0.29, 0.717) is 0 Å². The molecule has 1 heteroatoms. The Morgan fingerprint density at radius 2 is 0.776 bits per heavy atom. The SMILES string of the molecule is c1ccc(-c2cc3ccccc3cc2-c2ccc(N(c3ccccc3)c3c4c(cc5ccccc35)C(c3ccccc3)(c3ccccc3)c3ccccc3-4)cc2)cc1. The normalized spacial score (nSPS) is 12.6. The van der Waals surface area contributed by atoms with Gasteiger partial charge in [0.15, 0.2) is 0 Å². The summed E-state index contributed by atoms with van der Waals surface area (Å²) in [6.07, 6.45) is 0. The molecule has 1 aliphatic carbocycles. The maximum absolute atomic E-state index is 2.49. The fraction of sp³-hybridized carbons (Fsp3) is 0.0175. The van der Waals surface area contributed by atoms with Crippen LogP contribution in [0.4, 0.5) is 17.1 Å². The van der Waals surface area contributed by atoms with E-state index in [1.54, 1.807) is 0 Å². The van der Waals surface area contributed by atoms with Gasteiger partial charge < -0.3 is 4.90 Å². The summed E-state index contributed by atoms with van der Waals surface area (Å²) in [5, 5.41) is 4.89. The first-order valence-corrected chi connectivity index (χ1v) is 20.1. The van der Waals surface area contributed by atoms with Crippen molar-refractivity contribution >= 4 is 38.6 Å². The van der Waals surface area contributed by atoms with E-state index < -0.39 is 5.41 Å². The Labute approximate surface area is 339 Å². The highest BCUT2D eigenvalue weighted by Gasteiger charge is 2.48. The molecule has 0 saturated carbocycles. The first-order chi connectivity index (χ1) is 28.8. The first kappa shape index (κ1) is 33.8. The molecule has 0 N–H and O–H groups in total. The molecule has 0 heterocycles. The molecule has 0 fully saturated rings. The van der Waals surface area contributed by atoms with Gasteiger partial charge in [-0.05, 0) is 109 Å². The number of hydrogen-bond donors (Lipinski definition) is 0. The molecule has 11 rings (SSSR count). The minimum atomic E-state index is -0.524. The van der Waals surface area contributed by atoms with Crippen LogP contribution in [-0.2, 0) is 5.41 Å². The lowest BCUT2D eigenvalue weighted by Gasteiger charge is -2.35. The summed E-state index contributed by atoms with van der Waals surface area (Å²) in [7, 11) is 0. The topological polar surface area (TPSA) is 3.24 Å². The highest BCUT2D eigenvalue weighted by Crippen LogP contribution is 2.61. The number of benzene rings is 10. The fourth-order valence-electron chi connectivity index (χ4n) is 9.58. The van der Waals surface area contributed by atoms with Gasteiger partial charge in [0.2, 0.25) is 0 Å². The van der Waals surface area contributed by atoms with Crippen LogP contribution in [0.2, 0.25) is 0 Å². The van der Waals surface area contributed by atoms with Crippen molar-refractivity contribution in [2.75, 3.05) is 4.90 Å². The monoisotopic (exact) mass is 737 g/mol. The molecule has 0 amide bonds. The van der Waals surface area contributed by atoms with Gasteiger partial charge in [0.05, 0.1) is 11.1 Å². The van der Waals surface area contributed by atoms with Gasteiger partial charge in [-0.2, -0.15) is 0 Å². The van der Waals surface area contributed by atoms with Crippen molar-refractivity contribution in [2.24, 2.45) is 0 Å². The lowest BCUT2D eigenvalue weighted by molar-refractivity contribution is 0.769. The number of anilines is 3. The van der Waals surface area contributed by atoms with Crippen LogP contribution < -0.4 is 4.90 Å². The van der Waals surface area contributed by atoms with Gasteiger partial charge in [0, 0.05) is 22.3 Å². The van der Waals surface area contributed by atoms with Crippen molar-refractivity contribution in [3.8, 4) is 33.4 Å². The zero-order valence-electron chi connectivity index (χ0n) is 32.0. The molecular weight excluding hydrogens is 699 g/mol. The maximum atomic E-state index is 2.49. The van der Waals surface area contributed by atoms with Crippen LogP contribution in [0.15, 0.2) is 237 Å². The van der Waals surface area contributed by atoms with Crippen LogP contribution in [-0.4, -0.2) is 0 Å². The summed E-state index contributed by atoms with van der Waals surface area (Å²) in [5.74, 6) is 0. The van der Waals surface area contributed by atoms with Crippen LogP contribution in [0.3, 0.4) is 0 Å². The van der Waals surface area contributed by atoms with Crippen LogP contribution in [0.1, 0.15) is 22.3 Å².